The van der Waals surface area contributed by atoms with E-state index < -0.39 is 15.9 Å². The van der Waals surface area contributed by atoms with Crippen molar-refractivity contribution in [2.24, 2.45) is 0 Å². The lowest BCUT2D eigenvalue weighted by atomic mass is 10.3. The summed E-state index contributed by atoms with van der Waals surface area (Å²) in [6, 6.07) is 11.4. The van der Waals surface area contributed by atoms with Crippen molar-refractivity contribution < 1.29 is 27.4 Å². The van der Waals surface area contributed by atoms with E-state index in [-0.39, 0.29) is 11.4 Å². The number of ether oxygens (including phenoxy) is 3. The fourth-order valence-electron chi connectivity index (χ4n) is 2.69. The van der Waals surface area contributed by atoms with E-state index in [4.69, 9.17) is 14.2 Å². The van der Waals surface area contributed by atoms with E-state index in [1.54, 1.807) is 30.3 Å². The van der Waals surface area contributed by atoms with Gasteiger partial charge in [-0.2, -0.15) is 4.31 Å². The number of nitrogens with zero attached hydrogens (tertiary/aromatic N) is 1. The number of amides is 1. The average molecular weight is 406 g/mol. The van der Waals surface area contributed by atoms with Crippen LogP contribution in [0.5, 0.6) is 17.2 Å². The highest BCUT2D eigenvalue weighted by atomic mass is 32.2. The average Bonchev–Trinajstić information content (AvgIpc) is 2.69. The number of hydrogen-bond acceptors (Lipinski definition) is 6. The molecule has 0 spiro atoms. The summed E-state index contributed by atoms with van der Waals surface area (Å²) in [6.07, 6.45) is 0. The normalized spacial score (nSPS) is 13.2. The van der Waals surface area contributed by atoms with E-state index in [0.29, 0.717) is 42.8 Å². The zero-order valence-corrected chi connectivity index (χ0v) is 16.5. The Hall–Kier alpha value is -2.78. The third-order valence-corrected chi connectivity index (χ3v) is 5.85. The molecular formula is C19H22N2O6S. The van der Waals surface area contributed by atoms with Crippen molar-refractivity contribution in [3.63, 3.8) is 0 Å². The molecule has 1 N–H and O–H groups in total. The minimum Gasteiger partial charge on any atom is -0.492 e. The van der Waals surface area contributed by atoms with E-state index in [0.717, 1.165) is 4.31 Å². The SMILES string of the molecule is CCOc1ccccc1NC(=O)CN(C)S(=O)(=O)c1ccc2c(c1)OCCO2. The molecule has 0 unspecified atom stereocenters. The molecule has 28 heavy (non-hydrogen) atoms. The van der Waals surface area contributed by atoms with Crippen LogP contribution in [0.1, 0.15) is 6.92 Å². The molecule has 0 radical (unpaired) electrons. The first kappa shape index (κ1) is 20.0. The molecule has 1 amide bonds. The predicted molar refractivity (Wildman–Crippen MR) is 103 cm³/mol. The van der Waals surface area contributed by atoms with Gasteiger partial charge < -0.3 is 19.5 Å². The van der Waals surface area contributed by atoms with Gasteiger partial charge >= 0.3 is 0 Å². The predicted octanol–water partition coefficient (Wildman–Crippen LogP) is 2.12. The van der Waals surface area contributed by atoms with E-state index in [2.05, 4.69) is 5.32 Å². The highest BCUT2D eigenvalue weighted by Gasteiger charge is 2.25. The first-order chi connectivity index (χ1) is 13.4. The van der Waals surface area contributed by atoms with Crippen molar-refractivity contribution in [3.05, 3.63) is 42.5 Å². The van der Waals surface area contributed by atoms with E-state index in [1.165, 1.54) is 19.2 Å². The zero-order valence-electron chi connectivity index (χ0n) is 15.7. The maximum atomic E-state index is 12.8. The minimum atomic E-state index is -3.87. The van der Waals surface area contributed by atoms with Gasteiger partial charge in [-0.3, -0.25) is 4.79 Å². The van der Waals surface area contributed by atoms with E-state index in [1.807, 2.05) is 6.92 Å². The van der Waals surface area contributed by atoms with Crippen LogP contribution in [0.2, 0.25) is 0 Å². The van der Waals surface area contributed by atoms with Crippen LogP contribution in [0.25, 0.3) is 0 Å². The molecule has 0 aromatic heterocycles. The van der Waals surface area contributed by atoms with Gasteiger partial charge in [-0.15, -0.1) is 0 Å². The standard InChI is InChI=1S/C19H22N2O6S/c1-3-25-16-7-5-4-6-15(16)20-19(22)13-21(2)28(23,24)14-8-9-17-18(12-14)27-11-10-26-17/h4-9,12H,3,10-11,13H2,1-2H3,(H,20,22). The van der Waals surface area contributed by atoms with Gasteiger partial charge in [0.15, 0.2) is 11.5 Å². The monoisotopic (exact) mass is 406 g/mol. The molecule has 0 bridgehead atoms. The Kier molecular flexibility index (Phi) is 6.05. The van der Waals surface area contributed by atoms with Crippen LogP contribution in [0.4, 0.5) is 5.69 Å². The summed E-state index contributed by atoms with van der Waals surface area (Å²) in [7, 11) is -2.53. The number of rotatable bonds is 7. The summed E-state index contributed by atoms with van der Waals surface area (Å²) in [4.78, 5) is 12.4. The van der Waals surface area contributed by atoms with E-state index >= 15 is 0 Å². The second-order valence-electron chi connectivity index (χ2n) is 6.04. The Bertz CT molecular complexity index is 961. The molecule has 0 aliphatic carbocycles. The lowest BCUT2D eigenvalue weighted by Crippen LogP contribution is -2.35. The van der Waals surface area contributed by atoms with E-state index in [9.17, 15) is 13.2 Å². The summed E-state index contributed by atoms with van der Waals surface area (Å²) in [6.45, 7) is 2.71. The summed E-state index contributed by atoms with van der Waals surface area (Å²) < 4.78 is 42.9. The number of sulfonamides is 1. The summed E-state index contributed by atoms with van der Waals surface area (Å²) >= 11 is 0. The molecular weight excluding hydrogens is 384 g/mol. The number of para-hydroxylation sites is 2. The molecule has 2 aromatic rings. The number of hydrogen-bond donors (Lipinski definition) is 1. The van der Waals surface area contributed by atoms with Crippen LogP contribution < -0.4 is 19.5 Å². The highest BCUT2D eigenvalue weighted by Crippen LogP contribution is 2.33. The molecule has 150 valence electrons. The molecule has 0 atom stereocenters. The number of fused-ring (bicyclic) bond motifs is 1. The lowest BCUT2D eigenvalue weighted by Gasteiger charge is -2.21. The Morgan fingerprint density at radius 2 is 1.86 bits per heavy atom. The van der Waals surface area contributed by atoms with Crippen LogP contribution >= 0.6 is 0 Å². The zero-order chi connectivity index (χ0) is 20.1. The molecule has 1 aliphatic heterocycles. The van der Waals surface area contributed by atoms with Gasteiger partial charge in [-0.05, 0) is 31.2 Å². The van der Waals surface area contributed by atoms with Crippen molar-refractivity contribution in [3.8, 4) is 17.2 Å². The fourth-order valence-corrected chi connectivity index (χ4v) is 3.84. The third-order valence-electron chi connectivity index (χ3n) is 4.05. The topological polar surface area (TPSA) is 94.2 Å². The Labute approximate surface area is 164 Å². The molecule has 0 saturated heterocycles. The Morgan fingerprint density at radius 3 is 2.61 bits per heavy atom. The quantitative estimate of drug-likeness (QED) is 0.757. The summed E-state index contributed by atoms with van der Waals surface area (Å²) in [5.74, 6) is 0.917. The number of nitrogens with one attached hydrogen (secondary N) is 1. The van der Waals surface area contributed by atoms with Gasteiger partial charge in [0, 0.05) is 13.1 Å². The number of anilines is 1. The third kappa shape index (κ3) is 4.37. The maximum Gasteiger partial charge on any atom is 0.243 e. The van der Waals surface area contributed by atoms with Crippen LogP contribution in [0.15, 0.2) is 47.4 Å². The fraction of sp³-hybridized carbons (Fsp3) is 0.316. The molecule has 8 nitrogen and oxygen atoms in total. The number of carbonyl (C=O) groups is 1. The van der Waals surface area contributed by atoms with Gasteiger partial charge in [-0.1, -0.05) is 12.1 Å². The first-order valence-electron chi connectivity index (χ1n) is 8.79. The van der Waals surface area contributed by atoms with Crippen LogP contribution in [0, 0.1) is 0 Å². The van der Waals surface area contributed by atoms with Crippen molar-refractivity contribution >= 4 is 21.6 Å². The van der Waals surface area contributed by atoms with Crippen molar-refractivity contribution in [2.45, 2.75) is 11.8 Å². The molecule has 2 aromatic carbocycles. The molecule has 9 heteroatoms. The van der Waals surface area contributed by atoms with Crippen molar-refractivity contribution in [1.82, 2.24) is 4.31 Å². The van der Waals surface area contributed by atoms with Gasteiger partial charge in [-0.25, -0.2) is 8.42 Å². The maximum absolute atomic E-state index is 12.8. The second-order valence-corrected chi connectivity index (χ2v) is 8.09. The summed E-state index contributed by atoms with van der Waals surface area (Å²) in [5, 5.41) is 2.68. The largest absolute Gasteiger partial charge is 0.492 e. The number of carbonyl (C=O) groups excluding carboxylic acids is 1. The smallest absolute Gasteiger partial charge is 0.243 e. The first-order valence-corrected chi connectivity index (χ1v) is 10.2. The Balaban J connectivity index is 1.71. The van der Waals surface area contributed by atoms with Crippen LogP contribution in [-0.2, 0) is 14.8 Å². The molecule has 0 saturated carbocycles. The van der Waals surface area contributed by atoms with Crippen LogP contribution in [-0.4, -0.2) is 52.0 Å². The van der Waals surface area contributed by atoms with Gasteiger partial charge in [0.1, 0.15) is 19.0 Å². The van der Waals surface area contributed by atoms with Gasteiger partial charge in [0.25, 0.3) is 0 Å². The summed E-state index contributed by atoms with van der Waals surface area (Å²) in [5.41, 5.74) is 0.486. The second kappa shape index (κ2) is 8.49. The van der Waals surface area contributed by atoms with Crippen molar-refractivity contribution in [1.29, 1.82) is 0 Å². The number of benzene rings is 2. The Morgan fingerprint density at radius 1 is 1.14 bits per heavy atom. The molecule has 3 rings (SSSR count). The molecule has 1 aliphatic rings. The highest BCUT2D eigenvalue weighted by molar-refractivity contribution is 7.89. The van der Waals surface area contributed by atoms with Crippen molar-refractivity contribution in [2.75, 3.05) is 38.7 Å². The molecule has 1 heterocycles. The minimum absolute atomic E-state index is 0.0294. The van der Waals surface area contributed by atoms with Gasteiger partial charge in [0.05, 0.1) is 23.7 Å². The van der Waals surface area contributed by atoms with Crippen LogP contribution in [0.3, 0.4) is 0 Å². The number of likely N-dealkylation sites (N-methyl/N-ethyl adjacent to an activating group) is 1. The molecule has 0 fully saturated rings. The lowest BCUT2D eigenvalue weighted by molar-refractivity contribution is -0.116. The van der Waals surface area contributed by atoms with Gasteiger partial charge in [0.2, 0.25) is 15.9 Å².